The van der Waals surface area contributed by atoms with E-state index in [-0.39, 0.29) is 17.5 Å². The van der Waals surface area contributed by atoms with Crippen molar-refractivity contribution in [3.8, 4) is 0 Å². The average Bonchev–Trinajstić information content (AvgIpc) is 2.79. The third-order valence-corrected chi connectivity index (χ3v) is 6.44. The smallest absolute Gasteiger partial charge is 0.251 e. The quantitative estimate of drug-likeness (QED) is 0.396. The molecule has 0 aliphatic rings. The van der Waals surface area contributed by atoms with Crippen LogP contribution in [0.3, 0.4) is 0 Å². The van der Waals surface area contributed by atoms with Crippen LogP contribution in [0, 0.1) is 0 Å². The summed E-state index contributed by atoms with van der Waals surface area (Å²) in [4.78, 5) is 12.4. The SMILES string of the molecule is CS(=O)(=O)N(Cc1ccc(C(=O)NCCOCc2ccccc2)cc1)c1cc(Cl)ccc1Cl. The zero-order valence-electron chi connectivity index (χ0n) is 18.0. The van der Waals surface area contributed by atoms with Crippen molar-refractivity contribution in [1.29, 1.82) is 0 Å². The van der Waals surface area contributed by atoms with Crippen LogP contribution in [0.4, 0.5) is 5.69 Å². The molecule has 6 nitrogen and oxygen atoms in total. The number of carbonyl (C=O) groups is 1. The van der Waals surface area contributed by atoms with Crippen molar-refractivity contribution >= 4 is 44.8 Å². The maximum atomic E-state index is 12.4. The number of nitrogens with zero attached hydrogens (tertiary/aromatic N) is 1. The molecule has 9 heteroatoms. The van der Waals surface area contributed by atoms with E-state index in [0.717, 1.165) is 11.8 Å². The number of halogens is 2. The summed E-state index contributed by atoms with van der Waals surface area (Å²) in [5.41, 5.74) is 2.53. The van der Waals surface area contributed by atoms with E-state index in [0.29, 0.717) is 41.6 Å². The largest absolute Gasteiger partial charge is 0.375 e. The molecular formula is C24H24Cl2N2O4S. The number of ether oxygens (including phenoxy) is 1. The molecule has 0 saturated heterocycles. The lowest BCUT2D eigenvalue weighted by Crippen LogP contribution is -2.30. The topological polar surface area (TPSA) is 75.7 Å². The highest BCUT2D eigenvalue weighted by atomic mass is 35.5. The van der Waals surface area contributed by atoms with Gasteiger partial charge in [-0.1, -0.05) is 65.7 Å². The minimum Gasteiger partial charge on any atom is -0.375 e. The van der Waals surface area contributed by atoms with Crippen LogP contribution in [-0.4, -0.2) is 33.7 Å². The summed E-state index contributed by atoms with van der Waals surface area (Å²) in [6.07, 6.45) is 1.10. The van der Waals surface area contributed by atoms with Crippen molar-refractivity contribution < 1.29 is 17.9 Å². The molecule has 0 bridgehead atoms. The Morgan fingerprint density at radius 2 is 1.67 bits per heavy atom. The van der Waals surface area contributed by atoms with Gasteiger partial charge in [0.25, 0.3) is 5.91 Å². The minimum atomic E-state index is -3.62. The number of anilines is 1. The molecule has 3 aromatic carbocycles. The fraction of sp³-hybridized carbons (Fsp3) is 0.208. The normalized spacial score (nSPS) is 11.2. The number of carbonyl (C=O) groups excluding carboxylic acids is 1. The first kappa shape index (κ1) is 25.1. The first-order chi connectivity index (χ1) is 15.7. The van der Waals surface area contributed by atoms with E-state index in [1.807, 2.05) is 30.3 Å². The lowest BCUT2D eigenvalue weighted by Gasteiger charge is -2.24. The van der Waals surface area contributed by atoms with Crippen LogP contribution in [0.15, 0.2) is 72.8 Å². The van der Waals surface area contributed by atoms with Crippen molar-refractivity contribution in [1.82, 2.24) is 5.32 Å². The van der Waals surface area contributed by atoms with Gasteiger partial charge >= 0.3 is 0 Å². The minimum absolute atomic E-state index is 0.0497. The summed E-state index contributed by atoms with van der Waals surface area (Å²) in [6.45, 7) is 1.30. The summed E-state index contributed by atoms with van der Waals surface area (Å²) in [5, 5.41) is 3.46. The maximum Gasteiger partial charge on any atom is 0.251 e. The molecule has 0 radical (unpaired) electrons. The summed E-state index contributed by atoms with van der Waals surface area (Å²) in [5.74, 6) is -0.234. The van der Waals surface area contributed by atoms with Crippen molar-refractivity contribution in [2.45, 2.75) is 13.2 Å². The molecule has 1 amide bonds. The third-order valence-electron chi connectivity index (χ3n) is 4.76. The Morgan fingerprint density at radius 1 is 0.970 bits per heavy atom. The second-order valence-corrected chi connectivity index (χ2v) is 10.1. The molecule has 174 valence electrons. The zero-order valence-corrected chi connectivity index (χ0v) is 20.3. The Balaban J connectivity index is 1.57. The summed E-state index contributed by atoms with van der Waals surface area (Å²) < 4.78 is 31.5. The number of benzene rings is 3. The van der Waals surface area contributed by atoms with Crippen molar-refractivity contribution in [3.05, 3.63) is 99.5 Å². The molecule has 0 aromatic heterocycles. The number of nitrogens with one attached hydrogen (secondary N) is 1. The van der Waals surface area contributed by atoms with E-state index in [4.69, 9.17) is 27.9 Å². The summed E-state index contributed by atoms with van der Waals surface area (Å²) in [6, 6.07) is 21.2. The van der Waals surface area contributed by atoms with Gasteiger partial charge in [0, 0.05) is 17.1 Å². The Kier molecular flexibility index (Phi) is 8.74. The van der Waals surface area contributed by atoms with Gasteiger partial charge in [0.1, 0.15) is 0 Å². The Hall–Kier alpha value is -2.58. The fourth-order valence-electron chi connectivity index (χ4n) is 3.09. The monoisotopic (exact) mass is 506 g/mol. The first-order valence-corrected chi connectivity index (χ1v) is 12.8. The van der Waals surface area contributed by atoms with Gasteiger partial charge in [0.15, 0.2) is 0 Å². The van der Waals surface area contributed by atoms with Gasteiger partial charge in [-0.3, -0.25) is 9.10 Å². The number of sulfonamides is 1. The number of rotatable bonds is 10. The highest BCUT2D eigenvalue weighted by Gasteiger charge is 2.21. The predicted molar refractivity (Wildman–Crippen MR) is 132 cm³/mol. The van der Waals surface area contributed by atoms with E-state index < -0.39 is 10.0 Å². The number of hydrogen-bond acceptors (Lipinski definition) is 4. The van der Waals surface area contributed by atoms with E-state index >= 15 is 0 Å². The molecule has 0 aliphatic carbocycles. The average molecular weight is 507 g/mol. The van der Waals surface area contributed by atoms with Crippen molar-refractivity contribution in [2.24, 2.45) is 0 Å². The molecule has 0 fully saturated rings. The maximum absolute atomic E-state index is 12.4. The van der Waals surface area contributed by atoms with Crippen molar-refractivity contribution in [3.63, 3.8) is 0 Å². The molecule has 0 spiro atoms. The van der Waals surface area contributed by atoms with Crippen LogP contribution >= 0.6 is 23.2 Å². The zero-order chi connectivity index (χ0) is 23.8. The Labute approximate surface area is 204 Å². The van der Waals surface area contributed by atoms with Crippen LogP contribution < -0.4 is 9.62 Å². The summed E-state index contributed by atoms with van der Waals surface area (Å²) >= 11 is 12.2. The third kappa shape index (κ3) is 7.47. The van der Waals surface area contributed by atoms with Crippen LogP contribution in [0.5, 0.6) is 0 Å². The van der Waals surface area contributed by atoms with E-state index in [1.54, 1.807) is 36.4 Å². The van der Waals surface area contributed by atoms with Crippen LogP contribution in [0.1, 0.15) is 21.5 Å². The lowest BCUT2D eigenvalue weighted by atomic mass is 10.1. The molecule has 0 atom stereocenters. The van der Waals surface area contributed by atoms with Gasteiger partial charge in [-0.2, -0.15) is 0 Å². The van der Waals surface area contributed by atoms with Gasteiger partial charge in [-0.05, 0) is 41.5 Å². The van der Waals surface area contributed by atoms with Gasteiger partial charge in [-0.15, -0.1) is 0 Å². The Morgan fingerprint density at radius 3 is 2.33 bits per heavy atom. The fourth-order valence-corrected chi connectivity index (χ4v) is 4.42. The van der Waals surface area contributed by atoms with Gasteiger partial charge < -0.3 is 10.1 Å². The van der Waals surface area contributed by atoms with E-state index in [9.17, 15) is 13.2 Å². The molecule has 0 saturated carbocycles. The molecule has 33 heavy (non-hydrogen) atoms. The predicted octanol–water partition coefficient (Wildman–Crippen LogP) is 4.91. The van der Waals surface area contributed by atoms with Crippen LogP contribution in [-0.2, 0) is 27.9 Å². The van der Waals surface area contributed by atoms with E-state index in [1.165, 1.54) is 10.4 Å². The molecule has 0 unspecified atom stereocenters. The number of amides is 1. The highest BCUT2D eigenvalue weighted by molar-refractivity contribution is 7.92. The highest BCUT2D eigenvalue weighted by Crippen LogP contribution is 2.31. The first-order valence-electron chi connectivity index (χ1n) is 10.2. The molecule has 0 heterocycles. The molecule has 0 aliphatic heterocycles. The second kappa shape index (κ2) is 11.5. The summed E-state index contributed by atoms with van der Waals surface area (Å²) in [7, 11) is -3.62. The molecule has 3 rings (SSSR count). The standard InChI is InChI=1S/C24H24Cl2N2O4S/c1-33(30,31)28(23-15-21(25)11-12-22(23)26)16-18-7-9-20(10-8-18)24(29)27-13-14-32-17-19-5-3-2-4-6-19/h2-12,15H,13-14,16-17H2,1H3,(H,27,29). The molecule has 3 aromatic rings. The number of hydrogen-bond donors (Lipinski definition) is 1. The van der Waals surface area contributed by atoms with Crippen LogP contribution in [0.2, 0.25) is 10.0 Å². The molecule has 1 N–H and O–H groups in total. The van der Waals surface area contributed by atoms with Crippen molar-refractivity contribution in [2.75, 3.05) is 23.7 Å². The molecular weight excluding hydrogens is 483 g/mol. The van der Waals surface area contributed by atoms with Gasteiger partial charge in [-0.25, -0.2) is 8.42 Å². The van der Waals surface area contributed by atoms with Gasteiger partial charge in [0.05, 0.1) is 36.7 Å². The van der Waals surface area contributed by atoms with E-state index in [2.05, 4.69) is 5.32 Å². The lowest BCUT2D eigenvalue weighted by molar-refractivity contribution is 0.0901. The Bertz CT molecular complexity index is 1190. The second-order valence-electron chi connectivity index (χ2n) is 7.36. The van der Waals surface area contributed by atoms with Crippen LogP contribution in [0.25, 0.3) is 0 Å². The van der Waals surface area contributed by atoms with Gasteiger partial charge in [0.2, 0.25) is 10.0 Å².